The van der Waals surface area contributed by atoms with Crippen molar-refractivity contribution in [2.45, 2.75) is 19.0 Å². The fourth-order valence-corrected chi connectivity index (χ4v) is 3.25. The van der Waals surface area contributed by atoms with Crippen LogP contribution in [0.2, 0.25) is 0 Å². The van der Waals surface area contributed by atoms with E-state index >= 15 is 0 Å². The van der Waals surface area contributed by atoms with Crippen LogP contribution in [0, 0.1) is 0 Å². The van der Waals surface area contributed by atoms with Crippen LogP contribution in [0.25, 0.3) is 0 Å². The summed E-state index contributed by atoms with van der Waals surface area (Å²) in [6, 6.07) is 14.5. The van der Waals surface area contributed by atoms with Crippen LogP contribution < -0.4 is 14.8 Å². The molecule has 7 nitrogen and oxygen atoms in total. The SMILES string of the molecule is O=C(C[C@@H]1C(=O)OCCN1Cc1ccccc1)Nc1ccc2c(c1)OCO2. The van der Waals surface area contributed by atoms with Gasteiger partial charge in [0.15, 0.2) is 11.5 Å². The molecule has 2 aliphatic rings. The number of hydrogen-bond acceptors (Lipinski definition) is 6. The van der Waals surface area contributed by atoms with E-state index in [-0.39, 0.29) is 25.1 Å². The zero-order valence-corrected chi connectivity index (χ0v) is 14.7. The smallest absolute Gasteiger partial charge is 0.323 e. The molecule has 2 aromatic carbocycles. The van der Waals surface area contributed by atoms with E-state index < -0.39 is 6.04 Å². The molecule has 1 atom stereocenters. The molecule has 2 aromatic rings. The Morgan fingerprint density at radius 2 is 1.89 bits per heavy atom. The summed E-state index contributed by atoms with van der Waals surface area (Å²) in [5.41, 5.74) is 1.69. The minimum Gasteiger partial charge on any atom is -0.463 e. The Bertz CT molecular complexity index is 840. The van der Waals surface area contributed by atoms with Gasteiger partial charge < -0.3 is 19.5 Å². The minimum atomic E-state index is -0.604. The molecule has 0 aliphatic carbocycles. The fourth-order valence-electron chi connectivity index (χ4n) is 3.25. The van der Waals surface area contributed by atoms with E-state index in [1.165, 1.54) is 0 Å². The van der Waals surface area contributed by atoms with Crippen molar-refractivity contribution in [2.75, 3.05) is 25.3 Å². The van der Waals surface area contributed by atoms with E-state index in [1.54, 1.807) is 18.2 Å². The molecule has 0 bridgehead atoms. The molecule has 7 heteroatoms. The first kappa shape index (κ1) is 17.4. The van der Waals surface area contributed by atoms with Gasteiger partial charge in [-0.25, -0.2) is 0 Å². The Morgan fingerprint density at radius 1 is 1.07 bits per heavy atom. The molecule has 1 N–H and O–H groups in total. The third-order valence-electron chi connectivity index (χ3n) is 4.60. The summed E-state index contributed by atoms with van der Waals surface area (Å²) in [7, 11) is 0. The fraction of sp³-hybridized carbons (Fsp3) is 0.300. The van der Waals surface area contributed by atoms with Gasteiger partial charge in [-0.3, -0.25) is 14.5 Å². The van der Waals surface area contributed by atoms with E-state index in [2.05, 4.69) is 5.32 Å². The van der Waals surface area contributed by atoms with E-state index in [4.69, 9.17) is 14.2 Å². The number of benzene rings is 2. The van der Waals surface area contributed by atoms with Crippen molar-refractivity contribution in [3.05, 3.63) is 54.1 Å². The molecule has 0 unspecified atom stereocenters. The second kappa shape index (κ2) is 7.67. The highest BCUT2D eigenvalue weighted by Crippen LogP contribution is 2.34. The lowest BCUT2D eigenvalue weighted by atomic mass is 10.1. The number of nitrogens with zero attached hydrogens (tertiary/aromatic N) is 1. The Morgan fingerprint density at radius 3 is 2.74 bits per heavy atom. The van der Waals surface area contributed by atoms with Gasteiger partial charge in [0.2, 0.25) is 12.7 Å². The van der Waals surface area contributed by atoms with Crippen LogP contribution in [0.4, 0.5) is 5.69 Å². The lowest BCUT2D eigenvalue weighted by molar-refractivity contribution is -0.159. The summed E-state index contributed by atoms with van der Waals surface area (Å²) in [6.45, 7) is 1.71. The van der Waals surface area contributed by atoms with E-state index in [0.29, 0.717) is 36.9 Å². The maximum absolute atomic E-state index is 12.5. The average molecular weight is 368 g/mol. The monoisotopic (exact) mass is 368 g/mol. The van der Waals surface area contributed by atoms with E-state index in [9.17, 15) is 9.59 Å². The first-order chi connectivity index (χ1) is 13.2. The molecule has 2 heterocycles. The summed E-state index contributed by atoms with van der Waals surface area (Å²) in [6.07, 6.45) is 0.0279. The highest BCUT2D eigenvalue weighted by atomic mass is 16.7. The summed E-state index contributed by atoms with van der Waals surface area (Å²) in [4.78, 5) is 26.7. The predicted octanol–water partition coefficient (Wildman–Crippen LogP) is 2.17. The quantitative estimate of drug-likeness (QED) is 0.815. The van der Waals surface area contributed by atoms with Crippen LogP contribution in [0.1, 0.15) is 12.0 Å². The van der Waals surface area contributed by atoms with Crippen LogP contribution in [0.3, 0.4) is 0 Å². The van der Waals surface area contributed by atoms with Crippen LogP contribution in [-0.4, -0.2) is 42.8 Å². The number of esters is 1. The molecule has 0 saturated carbocycles. The Kier molecular flexibility index (Phi) is 4.93. The number of amides is 1. The molecule has 4 rings (SSSR count). The third kappa shape index (κ3) is 4.03. The van der Waals surface area contributed by atoms with Crippen molar-refractivity contribution in [1.82, 2.24) is 4.90 Å². The molecule has 1 amide bonds. The number of anilines is 1. The van der Waals surface area contributed by atoms with Crippen molar-refractivity contribution in [2.24, 2.45) is 0 Å². The van der Waals surface area contributed by atoms with Gasteiger partial charge >= 0.3 is 5.97 Å². The molecule has 0 radical (unpaired) electrons. The molecule has 140 valence electrons. The van der Waals surface area contributed by atoms with Crippen molar-refractivity contribution >= 4 is 17.6 Å². The molecule has 0 aromatic heterocycles. The van der Waals surface area contributed by atoms with Gasteiger partial charge in [0.05, 0.1) is 6.42 Å². The highest BCUT2D eigenvalue weighted by molar-refractivity contribution is 5.94. The van der Waals surface area contributed by atoms with Gasteiger partial charge in [-0.1, -0.05) is 30.3 Å². The second-order valence-corrected chi connectivity index (χ2v) is 6.46. The number of fused-ring (bicyclic) bond motifs is 1. The zero-order chi connectivity index (χ0) is 18.6. The van der Waals surface area contributed by atoms with Gasteiger partial charge in [0.1, 0.15) is 12.6 Å². The van der Waals surface area contributed by atoms with Crippen LogP contribution in [0.15, 0.2) is 48.5 Å². The van der Waals surface area contributed by atoms with E-state index in [1.807, 2.05) is 35.2 Å². The highest BCUT2D eigenvalue weighted by Gasteiger charge is 2.33. The van der Waals surface area contributed by atoms with Gasteiger partial charge in [-0.2, -0.15) is 0 Å². The number of nitrogens with one attached hydrogen (secondary N) is 1. The topological polar surface area (TPSA) is 77.1 Å². The maximum atomic E-state index is 12.5. The summed E-state index contributed by atoms with van der Waals surface area (Å²) in [5.74, 6) is 0.627. The van der Waals surface area contributed by atoms with Crippen molar-refractivity contribution < 1.29 is 23.8 Å². The summed E-state index contributed by atoms with van der Waals surface area (Å²) < 4.78 is 15.8. The van der Waals surface area contributed by atoms with Gasteiger partial charge in [0.25, 0.3) is 0 Å². The van der Waals surface area contributed by atoms with E-state index in [0.717, 1.165) is 5.56 Å². The molecule has 27 heavy (non-hydrogen) atoms. The minimum absolute atomic E-state index is 0.0279. The molecular weight excluding hydrogens is 348 g/mol. The van der Waals surface area contributed by atoms with Crippen molar-refractivity contribution in [1.29, 1.82) is 0 Å². The molecular formula is C20H20N2O5. The molecule has 1 fully saturated rings. The lowest BCUT2D eigenvalue weighted by Gasteiger charge is -2.33. The zero-order valence-electron chi connectivity index (χ0n) is 14.7. The largest absolute Gasteiger partial charge is 0.463 e. The van der Waals surface area contributed by atoms with Crippen LogP contribution in [0.5, 0.6) is 11.5 Å². The van der Waals surface area contributed by atoms with Gasteiger partial charge in [-0.05, 0) is 17.7 Å². The molecule has 0 spiro atoms. The third-order valence-corrected chi connectivity index (χ3v) is 4.60. The van der Waals surface area contributed by atoms with Gasteiger partial charge in [-0.15, -0.1) is 0 Å². The average Bonchev–Trinajstić information content (AvgIpc) is 3.13. The Balaban J connectivity index is 1.42. The van der Waals surface area contributed by atoms with Crippen molar-refractivity contribution in [3.8, 4) is 11.5 Å². The predicted molar refractivity (Wildman–Crippen MR) is 97.4 cm³/mol. The number of morpholine rings is 1. The molecule has 1 saturated heterocycles. The van der Waals surface area contributed by atoms with Crippen LogP contribution >= 0.6 is 0 Å². The number of carbonyl (C=O) groups is 2. The Hall–Kier alpha value is -3.06. The first-order valence-electron chi connectivity index (χ1n) is 8.83. The number of cyclic esters (lactones) is 1. The number of rotatable bonds is 5. The molecule has 2 aliphatic heterocycles. The lowest BCUT2D eigenvalue weighted by Crippen LogP contribution is -2.49. The normalized spacial score (nSPS) is 18.8. The Labute approximate surface area is 156 Å². The standard InChI is InChI=1S/C20H20N2O5/c23-19(21-15-6-7-17-18(10-15)27-13-26-17)11-16-20(24)25-9-8-22(16)12-14-4-2-1-3-5-14/h1-7,10,16H,8-9,11-13H2,(H,21,23)/t16-/m1/s1. The number of ether oxygens (including phenoxy) is 3. The number of hydrogen-bond donors (Lipinski definition) is 1. The first-order valence-corrected chi connectivity index (χ1v) is 8.83. The number of carbonyl (C=O) groups excluding carboxylic acids is 2. The summed E-state index contributed by atoms with van der Waals surface area (Å²) >= 11 is 0. The van der Waals surface area contributed by atoms with Crippen LogP contribution in [-0.2, 0) is 20.9 Å². The van der Waals surface area contributed by atoms with Crippen molar-refractivity contribution in [3.63, 3.8) is 0 Å². The second-order valence-electron chi connectivity index (χ2n) is 6.46. The maximum Gasteiger partial charge on any atom is 0.323 e. The van der Waals surface area contributed by atoms with Gasteiger partial charge in [0, 0.05) is 24.8 Å². The summed E-state index contributed by atoms with van der Waals surface area (Å²) in [5, 5.41) is 2.81.